The Balaban J connectivity index is 2.46. The fourth-order valence-electron chi connectivity index (χ4n) is 2.60. The van der Waals surface area contributed by atoms with Gasteiger partial charge in [0.05, 0.1) is 13.2 Å². The van der Waals surface area contributed by atoms with E-state index in [1.807, 2.05) is 6.07 Å². The molecule has 2 aromatic carbocycles. The zero-order chi connectivity index (χ0) is 14.5. The van der Waals surface area contributed by atoms with Crippen molar-refractivity contribution in [1.29, 1.82) is 0 Å². The third-order valence-electron chi connectivity index (χ3n) is 3.70. The third-order valence-corrected chi connectivity index (χ3v) is 3.70. The van der Waals surface area contributed by atoms with Crippen molar-refractivity contribution in [3.05, 3.63) is 64.7 Å². The molecule has 0 fully saturated rings. The minimum Gasteiger partial charge on any atom is -0.497 e. The fraction of sp³-hybridized carbons (Fsp3) is 0.333. The lowest BCUT2D eigenvalue weighted by molar-refractivity contribution is 0.414. The first-order valence-electron chi connectivity index (χ1n) is 7.10. The van der Waals surface area contributed by atoms with E-state index in [-0.39, 0.29) is 6.04 Å². The van der Waals surface area contributed by atoms with E-state index < -0.39 is 0 Å². The van der Waals surface area contributed by atoms with Gasteiger partial charge in [0, 0.05) is 0 Å². The molecule has 1 unspecified atom stereocenters. The topological polar surface area (TPSA) is 21.3 Å². The van der Waals surface area contributed by atoms with Crippen molar-refractivity contribution in [2.24, 2.45) is 0 Å². The van der Waals surface area contributed by atoms with Gasteiger partial charge in [0.1, 0.15) is 5.75 Å². The van der Waals surface area contributed by atoms with E-state index in [9.17, 15) is 0 Å². The lowest BCUT2D eigenvalue weighted by atomic mass is 9.92. The van der Waals surface area contributed by atoms with Crippen LogP contribution in [0.5, 0.6) is 5.75 Å². The number of methoxy groups -OCH3 is 1. The van der Waals surface area contributed by atoms with Gasteiger partial charge in [-0.1, -0.05) is 37.3 Å². The number of hydrogen-bond donors (Lipinski definition) is 1. The van der Waals surface area contributed by atoms with Crippen LogP contribution >= 0.6 is 0 Å². The molecule has 20 heavy (non-hydrogen) atoms. The molecule has 2 aromatic rings. The molecule has 1 N–H and O–H groups in total. The van der Waals surface area contributed by atoms with E-state index >= 15 is 0 Å². The average Bonchev–Trinajstić information content (AvgIpc) is 2.46. The lowest BCUT2D eigenvalue weighted by Gasteiger charge is -2.23. The van der Waals surface area contributed by atoms with E-state index in [0.717, 1.165) is 12.3 Å². The van der Waals surface area contributed by atoms with Crippen LogP contribution in [0.4, 0.5) is 0 Å². The van der Waals surface area contributed by atoms with Crippen LogP contribution in [0.3, 0.4) is 0 Å². The summed E-state index contributed by atoms with van der Waals surface area (Å²) in [4.78, 5) is 0. The highest BCUT2D eigenvalue weighted by Crippen LogP contribution is 2.29. The van der Waals surface area contributed by atoms with E-state index in [4.69, 9.17) is 4.74 Å². The Morgan fingerprint density at radius 2 is 1.70 bits per heavy atom. The summed E-state index contributed by atoms with van der Waals surface area (Å²) in [5, 5.41) is 3.59. The van der Waals surface area contributed by atoms with Crippen molar-refractivity contribution >= 4 is 0 Å². The largest absolute Gasteiger partial charge is 0.497 e. The Hall–Kier alpha value is -1.80. The molecular formula is C18H23NO. The molecule has 0 bridgehead atoms. The summed E-state index contributed by atoms with van der Waals surface area (Å²) in [5.74, 6) is 0.909. The highest BCUT2D eigenvalue weighted by atomic mass is 16.5. The maximum absolute atomic E-state index is 5.30. The summed E-state index contributed by atoms with van der Waals surface area (Å²) in [5.41, 5.74) is 5.21. The van der Waals surface area contributed by atoms with Gasteiger partial charge >= 0.3 is 0 Å². The zero-order valence-corrected chi connectivity index (χ0v) is 12.7. The monoisotopic (exact) mass is 269 g/mol. The molecule has 106 valence electrons. The van der Waals surface area contributed by atoms with Crippen LogP contribution in [-0.2, 0) is 0 Å². The molecule has 2 nitrogen and oxygen atoms in total. The standard InChI is InChI=1S/C18H23NO/c1-5-19-18(16-9-7-6-8-13(16)2)17-11-10-15(20-4)12-14(17)3/h6-12,18-19H,5H2,1-4H3. The molecule has 0 saturated carbocycles. The number of ether oxygens (including phenoxy) is 1. The molecular weight excluding hydrogens is 246 g/mol. The Morgan fingerprint density at radius 1 is 1.00 bits per heavy atom. The molecule has 0 spiro atoms. The van der Waals surface area contributed by atoms with Crippen molar-refractivity contribution < 1.29 is 4.74 Å². The van der Waals surface area contributed by atoms with E-state index in [1.54, 1.807) is 7.11 Å². The summed E-state index contributed by atoms with van der Waals surface area (Å²) in [6, 6.07) is 15.1. The fourth-order valence-corrected chi connectivity index (χ4v) is 2.60. The average molecular weight is 269 g/mol. The highest BCUT2D eigenvalue weighted by Gasteiger charge is 2.17. The van der Waals surface area contributed by atoms with Crippen LogP contribution in [0, 0.1) is 13.8 Å². The molecule has 0 aliphatic heterocycles. The quantitative estimate of drug-likeness (QED) is 0.885. The van der Waals surface area contributed by atoms with E-state index in [1.165, 1.54) is 22.3 Å². The van der Waals surface area contributed by atoms with Crippen molar-refractivity contribution in [3.8, 4) is 5.75 Å². The Morgan fingerprint density at radius 3 is 2.30 bits per heavy atom. The van der Waals surface area contributed by atoms with E-state index in [2.05, 4.69) is 62.5 Å². The first kappa shape index (κ1) is 14.6. The molecule has 0 aromatic heterocycles. The zero-order valence-electron chi connectivity index (χ0n) is 12.7. The third kappa shape index (κ3) is 3.02. The number of nitrogens with one attached hydrogen (secondary N) is 1. The predicted molar refractivity (Wildman–Crippen MR) is 84.4 cm³/mol. The minimum atomic E-state index is 0.229. The smallest absolute Gasteiger partial charge is 0.119 e. The first-order valence-corrected chi connectivity index (χ1v) is 7.10. The van der Waals surface area contributed by atoms with Crippen molar-refractivity contribution in [1.82, 2.24) is 5.32 Å². The SMILES string of the molecule is CCNC(c1ccccc1C)c1ccc(OC)cc1C. The van der Waals surface area contributed by atoms with Crippen molar-refractivity contribution in [3.63, 3.8) is 0 Å². The first-order chi connectivity index (χ1) is 9.67. The maximum atomic E-state index is 5.30. The summed E-state index contributed by atoms with van der Waals surface area (Å²) in [6.45, 7) is 7.38. The molecule has 0 saturated heterocycles. The van der Waals surface area contributed by atoms with Crippen LogP contribution in [0.2, 0.25) is 0 Å². The van der Waals surface area contributed by atoms with Gasteiger partial charge in [-0.2, -0.15) is 0 Å². The van der Waals surface area contributed by atoms with Gasteiger partial charge in [-0.05, 0) is 54.8 Å². The van der Waals surface area contributed by atoms with Gasteiger partial charge < -0.3 is 10.1 Å². The Kier molecular flexibility index (Phi) is 4.80. The summed E-state index contributed by atoms with van der Waals surface area (Å²) >= 11 is 0. The molecule has 0 aliphatic carbocycles. The van der Waals surface area contributed by atoms with Crippen LogP contribution in [0.1, 0.15) is 35.2 Å². The maximum Gasteiger partial charge on any atom is 0.119 e. The number of aryl methyl sites for hydroxylation is 2. The van der Waals surface area contributed by atoms with Gasteiger partial charge in [0.25, 0.3) is 0 Å². The van der Waals surface area contributed by atoms with Gasteiger partial charge in [-0.15, -0.1) is 0 Å². The molecule has 0 aliphatic rings. The van der Waals surface area contributed by atoms with Crippen LogP contribution in [0.25, 0.3) is 0 Å². The Bertz CT molecular complexity index is 577. The molecule has 2 heteroatoms. The van der Waals surface area contributed by atoms with Crippen LogP contribution in [0.15, 0.2) is 42.5 Å². The molecule has 0 amide bonds. The molecule has 2 rings (SSSR count). The minimum absolute atomic E-state index is 0.229. The van der Waals surface area contributed by atoms with Crippen LogP contribution < -0.4 is 10.1 Å². The second-order valence-electron chi connectivity index (χ2n) is 5.07. The van der Waals surface area contributed by atoms with Gasteiger partial charge in [0.2, 0.25) is 0 Å². The van der Waals surface area contributed by atoms with Gasteiger partial charge in [-0.25, -0.2) is 0 Å². The molecule has 1 atom stereocenters. The van der Waals surface area contributed by atoms with Crippen molar-refractivity contribution in [2.45, 2.75) is 26.8 Å². The van der Waals surface area contributed by atoms with Crippen LogP contribution in [-0.4, -0.2) is 13.7 Å². The number of hydrogen-bond acceptors (Lipinski definition) is 2. The second kappa shape index (κ2) is 6.58. The summed E-state index contributed by atoms with van der Waals surface area (Å²) < 4.78 is 5.30. The lowest BCUT2D eigenvalue weighted by Crippen LogP contribution is -2.23. The number of rotatable bonds is 5. The van der Waals surface area contributed by atoms with Gasteiger partial charge in [-0.3, -0.25) is 0 Å². The summed E-state index contributed by atoms with van der Waals surface area (Å²) in [6.07, 6.45) is 0. The predicted octanol–water partition coefficient (Wildman–Crippen LogP) is 4.01. The van der Waals surface area contributed by atoms with E-state index in [0.29, 0.717) is 0 Å². The normalized spacial score (nSPS) is 12.2. The van der Waals surface area contributed by atoms with Gasteiger partial charge in [0.15, 0.2) is 0 Å². The summed E-state index contributed by atoms with van der Waals surface area (Å²) in [7, 11) is 1.71. The molecule has 0 radical (unpaired) electrons. The second-order valence-corrected chi connectivity index (χ2v) is 5.07. The Labute approximate surface area is 121 Å². The van der Waals surface area contributed by atoms with Crippen molar-refractivity contribution in [2.75, 3.05) is 13.7 Å². The highest BCUT2D eigenvalue weighted by molar-refractivity contribution is 5.43. The molecule has 0 heterocycles. The number of benzene rings is 2.